The maximum Gasteiger partial charge on any atom is 0.140 e. The molecule has 0 spiro atoms. The molecule has 0 heterocycles. The number of ether oxygens (including phenoxy) is 1. The second kappa shape index (κ2) is 9.38. The smallest absolute Gasteiger partial charge is 0.140 e. The zero-order valence-corrected chi connectivity index (χ0v) is 17.2. The van der Waals surface area contributed by atoms with Gasteiger partial charge in [0.2, 0.25) is 0 Å². The van der Waals surface area contributed by atoms with Crippen molar-refractivity contribution < 1.29 is 4.74 Å². The van der Waals surface area contributed by atoms with Gasteiger partial charge >= 0.3 is 0 Å². The average molecular weight is 397 g/mol. The SMILES string of the molecule is CCc1cc(C(C)(C)c2ccc(/C(C=N)=N/N)cc2)cc(C#N)c1OCCCl. The Kier molecular flexibility index (Phi) is 7.19. The number of hydrogen-bond donors (Lipinski definition) is 2. The predicted octanol–water partition coefficient (Wildman–Crippen LogP) is 4.38. The highest BCUT2D eigenvalue weighted by atomic mass is 35.5. The normalized spacial score (nSPS) is 11.8. The van der Waals surface area contributed by atoms with Gasteiger partial charge in [0.25, 0.3) is 0 Å². The molecule has 0 aromatic heterocycles. The van der Waals surface area contributed by atoms with Crippen LogP contribution in [0.1, 0.15) is 48.6 Å². The number of alkyl halides is 1. The van der Waals surface area contributed by atoms with Gasteiger partial charge < -0.3 is 16.0 Å². The molecule has 0 amide bonds. The van der Waals surface area contributed by atoms with Crippen molar-refractivity contribution in [1.82, 2.24) is 0 Å². The first-order chi connectivity index (χ1) is 13.4. The van der Waals surface area contributed by atoms with Gasteiger partial charge in [-0.05, 0) is 29.2 Å². The Labute approximate surface area is 171 Å². The molecule has 0 atom stereocenters. The van der Waals surface area contributed by atoms with Gasteiger partial charge in [0.15, 0.2) is 0 Å². The fourth-order valence-electron chi connectivity index (χ4n) is 3.13. The average Bonchev–Trinajstić information content (AvgIpc) is 2.72. The Hall–Kier alpha value is -2.84. The summed E-state index contributed by atoms with van der Waals surface area (Å²) in [6.45, 7) is 6.64. The topological polar surface area (TPSA) is 95.3 Å². The monoisotopic (exact) mass is 396 g/mol. The van der Waals surface area contributed by atoms with Gasteiger partial charge in [-0.2, -0.15) is 10.4 Å². The lowest BCUT2D eigenvalue weighted by molar-refractivity contribution is 0.338. The lowest BCUT2D eigenvalue weighted by Crippen LogP contribution is -2.20. The molecule has 28 heavy (non-hydrogen) atoms. The first-order valence-corrected chi connectivity index (χ1v) is 9.61. The standard InChI is InChI=1S/C22H25ClN4O/c1-4-15-11-19(12-17(13-24)21(15)28-10-9-23)22(2,3)18-7-5-16(6-8-18)20(14-25)27-26/h5-8,11-12,14,25H,4,9-10,26H2,1-3H3/b25-14?,27-20+. The number of nitrogens with zero attached hydrogens (tertiary/aromatic N) is 2. The van der Waals surface area contributed by atoms with Crippen LogP contribution in [0.3, 0.4) is 0 Å². The summed E-state index contributed by atoms with van der Waals surface area (Å²) in [5.41, 5.74) is 4.50. The van der Waals surface area contributed by atoms with Crippen molar-refractivity contribution in [2.45, 2.75) is 32.6 Å². The maximum atomic E-state index is 9.64. The highest BCUT2D eigenvalue weighted by Gasteiger charge is 2.26. The summed E-state index contributed by atoms with van der Waals surface area (Å²) in [6.07, 6.45) is 1.89. The van der Waals surface area contributed by atoms with Crippen LogP contribution in [0, 0.1) is 16.7 Å². The molecule has 0 aliphatic rings. The highest BCUT2D eigenvalue weighted by molar-refractivity contribution is 6.37. The fourth-order valence-corrected chi connectivity index (χ4v) is 3.20. The summed E-state index contributed by atoms with van der Waals surface area (Å²) in [4.78, 5) is 0. The molecule has 2 rings (SSSR count). The van der Waals surface area contributed by atoms with Crippen LogP contribution >= 0.6 is 11.6 Å². The molecule has 6 heteroatoms. The third kappa shape index (κ3) is 4.35. The molecule has 0 radical (unpaired) electrons. The number of nitriles is 1. The quantitative estimate of drug-likeness (QED) is 0.300. The lowest BCUT2D eigenvalue weighted by Gasteiger charge is -2.28. The minimum Gasteiger partial charge on any atom is -0.491 e. The molecule has 0 unspecified atom stereocenters. The van der Waals surface area contributed by atoms with Gasteiger partial charge in [-0.15, -0.1) is 11.6 Å². The Morgan fingerprint density at radius 2 is 1.96 bits per heavy atom. The summed E-state index contributed by atoms with van der Waals surface area (Å²) in [5, 5.41) is 20.6. The maximum absolute atomic E-state index is 9.64. The third-order valence-corrected chi connectivity index (χ3v) is 5.04. The van der Waals surface area contributed by atoms with Crippen LogP contribution in [-0.4, -0.2) is 24.4 Å². The predicted molar refractivity (Wildman–Crippen MR) is 115 cm³/mol. The van der Waals surface area contributed by atoms with E-state index in [-0.39, 0.29) is 5.41 Å². The summed E-state index contributed by atoms with van der Waals surface area (Å²) in [7, 11) is 0. The molecule has 0 fully saturated rings. The molecule has 0 saturated carbocycles. The van der Waals surface area contributed by atoms with E-state index in [1.165, 1.54) is 0 Å². The summed E-state index contributed by atoms with van der Waals surface area (Å²) in [6, 6.07) is 14.0. The molecule has 146 valence electrons. The van der Waals surface area contributed by atoms with Gasteiger partial charge in [-0.3, -0.25) is 0 Å². The molecule has 5 nitrogen and oxygen atoms in total. The molecular weight excluding hydrogens is 372 g/mol. The van der Waals surface area contributed by atoms with Crippen molar-refractivity contribution in [3.63, 3.8) is 0 Å². The number of nitrogens with one attached hydrogen (secondary N) is 1. The number of hydrogen-bond acceptors (Lipinski definition) is 5. The number of benzene rings is 2. The Bertz CT molecular complexity index is 911. The molecule has 0 bridgehead atoms. The molecular formula is C22H25ClN4O. The largest absolute Gasteiger partial charge is 0.491 e. The molecule has 0 saturated heterocycles. The number of nitrogens with two attached hydrogens (primary N) is 1. The fraction of sp³-hybridized carbons (Fsp3) is 0.318. The summed E-state index contributed by atoms with van der Waals surface area (Å²) in [5.74, 6) is 6.32. The number of halogens is 1. The van der Waals surface area contributed by atoms with E-state index in [1.807, 2.05) is 37.3 Å². The van der Waals surface area contributed by atoms with E-state index in [2.05, 4.69) is 31.1 Å². The van der Waals surface area contributed by atoms with Crippen LogP contribution in [0.5, 0.6) is 5.75 Å². The minimum absolute atomic E-state index is 0.330. The van der Waals surface area contributed by atoms with Crippen LogP contribution in [0.4, 0.5) is 0 Å². The van der Waals surface area contributed by atoms with Gasteiger partial charge in [0.05, 0.1) is 11.4 Å². The van der Waals surface area contributed by atoms with Crippen molar-refractivity contribution in [1.29, 1.82) is 10.7 Å². The third-order valence-electron chi connectivity index (χ3n) is 4.89. The first-order valence-electron chi connectivity index (χ1n) is 9.08. The summed E-state index contributed by atoms with van der Waals surface area (Å²) >= 11 is 5.74. The van der Waals surface area contributed by atoms with Crippen molar-refractivity contribution in [3.05, 3.63) is 64.2 Å². The van der Waals surface area contributed by atoms with Crippen LogP contribution in [0.25, 0.3) is 0 Å². The van der Waals surface area contributed by atoms with Gasteiger partial charge in [0, 0.05) is 17.2 Å². The Balaban J connectivity index is 2.50. The molecule has 2 aromatic carbocycles. The Morgan fingerprint density at radius 1 is 1.29 bits per heavy atom. The van der Waals surface area contributed by atoms with Gasteiger partial charge in [-0.1, -0.05) is 51.1 Å². The van der Waals surface area contributed by atoms with Gasteiger partial charge in [-0.25, -0.2) is 0 Å². The molecule has 3 N–H and O–H groups in total. The minimum atomic E-state index is -0.330. The van der Waals surface area contributed by atoms with E-state index in [4.69, 9.17) is 27.6 Å². The van der Waals surface area contributed by atoms with Crippen molar-refractivity contribution in [3.8, 4) is 11.8 Å². The van der Waals surface area contributed by atoms with Crippen LogP contribution in [-0.2, 0) is 11.8 Å². The molecule has 2 aromatic rings. The van der Waals surface area contributed by atoms with Crippen LogP contribution < -0.4 is 10.6 Å². The highest BCUT2D eigenvalue weighted by Crippen LogP contribution is 2.36. The van der Waals surface area contributed by atoms with E-state index in [1.54, 1.807) is 0 Å². The van der Waals surface area contributed by atoms with Crippen LogP contribution in [0.15, 0.2) is 41.5 Å². The van der Waals surface area contributed by atoms with Gasteiger partial charge in [0.1, 0.15) is 24.1 Å². The summed E-state index contributed by atoms with van der Waals surface area (Å²) < 4.78 is 5.74. The second-order valence-corrected chi connectivity index (χ2v) is 7.25. The van der Waals surface area contributed by atoms with E-state index in [0.717, 1.165) is 34.9 Å². The van der Waals surface area contributed by atoms with Crippen molar-refractivity contribution >= 4 is 23.5 Å². The number of rotatable bonds is 8. The van der Waals surface area contributed by atoms with Crippen molar-refractivity contribution in [2.24, 2.45) is 10.9 Å². The van der Waals surface area contributed by atoms with Crippen molar-refractivity contribution in [2.75, 3.05) is 12.5 Å². The zero-order chi connectivity index (χ0) is 20.7. The van der Waals surface area contributed by atoms with Crippen LogP contribution in [0.2, 0.25) is 0 Å². The van der Waals surface area contributed by atoms with E-state index >= 15 is 0 Å². The molecule has 0 aliphatic heterocycles. The zero-order valence-electron chi connectivity index (χ0n) is 16.4. The van der Waals surface area contributed by atoms with E-state index in [9.17, 15) is 5.26 Å². The number of hydrazone groups is 1. The lowest BCUT2D eigenvalue weighted by atomic mass is 9.76. The number of aryl methyl sites for hydroxylation is 1. The van der Waals surface area contributed by atoms with E-state index in [0.29, 0.717) is 29.5 Å². The van der Waals surface area contributed by atoms with E-state index < -0.39 is 0 Å². The Morgan fingerprint density at radius 3 is 2.46 bits per heavy atom. The second-order valence-electron chi connectivity index (χ2n) is 6.88. The first kappa shape index (κ1) is 21.5. The molecule has 0 aliphatic carbocycles.